The standard InChI is InChI=1S/C10H16ClN3/c1-7-8(3-4-9(7)11)5-10-12-6-13-14(10)2/h6-9H,3-5H2,1-2H3. The van der Waals surface area contributed by atoms with Crippen LogP contribution in [0.25, 0.3) is 0 Å². The highest BCUT2D eigenvalue weighted by Gasteiger charge is 2.31. The zero-order chi connectivity index (χ0) is 10.1. The maximum absolute atomic E-state index is 6.19. The predicted octanol–water partition coefficient (Wildman–Crippen LogP) is 2.01. The van der Waals surface area contributed by atoms with Gasteiger partial charge in [-0.05, 0) is 24.7 Å². The van der Waals surface area contributed by atoms with Crippen molar-refractivity contribution >= 4 is 11.6 Å². The number of hydrogen-bond acceptors (Lipinski definition) is 2. The van der Waals surface area contributed by atoms with Gasteiger partial charge in [-0.25, -0.2) is 4.98 Å². The van der Waals surface area contributed by atoms with E-state index in [4.69, 9.17) is 11.6 Å². The molecule has 1 saturated carbocycles. The Kier molecular flexibility index (Phi) is 2.77. The van der Waals surface area contributed by atoms with E-state index in [-0.39, 0.29) is 0 Å². The lowest BCUT2D eigenvalue weighted by molar-refractivity contribution is 0.405. The first-order chi connectivity index (χ1) is 6.68. The molecule has 3 nitrogen and oxygen atoms in total. The summed E-state index contributed by atoms with van der Waals surface area (Å²) in [5, 5.41) is 4.43. The van der Waals surface area contributed by atoms with Crippen LogP contribution in [0.15, 0.2) is 6.33 Å². The number of aryl methyl sites for hydroxylation is 1. The molecule has 0 aliphatic heterocycles. The molecule has 0 aromatic carbocycles. The summed E-state index contributed by atoms with van der Waals surface area (Å²) in [7, 11) is 1.94. The van der Waals surface area contributed by atoms with Crippen LogP contribution >= 0.6 is 11.6 Å². The van der Waals surface area contributed by atoms with E-state index in [1.54, 1.807) is 6.33 Å². The molecule has 3 unspecified atom stereocenters. The van der Waals surface area contributed by atoms with Gasteiger partial charge in [0.1, 0.15) is 12.2 Å². The third-order valence-electron chi connectivity index (χ3n) is 3.38. The fraction of sp³-hybridized carbons (Fsp3) is 0.800. The summed E-state index contributed by atoms with van der Waals surface area (Å²) in [6.45, 7) is 2.24. The van der Waals surface area contributed by atoms with Crippen molar-refractivity contribution in [3.8, 4) is 0 Å². The molecule has 78 valence electrons. The van der Waals surface area contributed by atoms with E-state index in [9.17, 15) is 0 Å². The summed E-state index contributed by atoms with van der Waals surface area (Å²) in [4.78, 5) is 4.25. The van der Waals surface area contributed by atoms with Crippen LogP contribution < -0.4 is 0 Å². The molecule has 0 amide bonds. The van der Waals surface area contributed by atoms with Gasteiger partial charge in [0, 0.05) is 18.8 Å². The molecule has 0 N–H and O–H groups in total. The van der Waals surface area contributed by atoms with Crippen LogP contribution in [-0.4, -0.2) is 20.1 Å². The Bertz CT molecular complexity index is 310. The third-order valence-corrected chi connectivity index (χ3v) is 3.99. The molecule has 1 aromatic rings. The lowest BCUT2D eigenvalue weighted by atomic mass is 9.94. The molecular formula is C10H16ClN3. The van der Waals surface area contributed by atoms with Gasteiger partial charge in [0.2, 0.25) is 0 Å². The van der Waals surface area contributed by atoms with Crippen molar-refractivity contribution in [2.45, 2.75) is 31.6 Å². The lowest BCUT2D eigenvalue weighted by Crippen LogP contribution is -2.15. The van der Waals surface area contributed by atoms with Crippen LogP contribution in [-0.2, 0) is 13.5 Å². The fourth-order valence-corrected chi connectivity index (χ4v) is 2.55. The quantitative estimate of drug-likeness (QED) is 0.704. The van der Waals surface area contributed by atoms with Crippen molar-refractivity contribution in [1.82, 2.24) is 14.8 Å². The normalized spacial score (nSPS) is 32.4. The summed E-state index contributed by atoms with van der Waals surface area (Å²) >= 11 is 6.19. The van der Waals surface area contributed by atoms with Crippen LogP contribution in [0.5, 0.6) is 0 Å². The molecule has 0 saturated heterocycles. The molecule has 1 aliphatic carbocycles. The van der Waals surface area contributed by atoms with E-state index < -0.39 is 0 Å². The van der Waals surface area contributed by atoms with Crippen LogP contribution in [0.4, 0.5) is 0 Å². The van der Waals surface area contributed by atoms with Crippen LogP contribution in [0.2, 0.25) is 0 Å². The largest absolute Gasteiger partial charge is 0.253 e. The molecule has 0 bridgehead atoms. The Hall–Kier alpha value is -0.570. The summed E-state index contributed by atoms with van der Waals surface area (Å²) in [5.41, 5.74) is 0. The maximum atomic E-state index is 6.19. The first-order valence-corrected chi connectivity index (χ1v) is 5.59. The van der Waals surface area contributed by atoms with Gasteiger partial charge in [0.15, 0.2) is 0 Å². The second kappa shape index (κ2) is 3.89. The van der Waals surface area contributed by atoms with E-state index in [0.29, 0.717) is 17.2 Å². The van der Waals surface area contributed by atoms with Crippen molar-refractivity contribution in [2.75, 3.05) is 0 Å². The summed E-state index contributed by atoms with van der Waals surface area (Å²) in [5.74, 6) is 2.36. The van der Waals surface area contributed by atoms with E-state index in [0.717, 1.165) is 18.7 Å². The smallest absolute Gasteiger partial charge is 0.138 e. The fourth-order valence-electron chi connectivity index (χ4n) is 2.22. The van der Waals surface area contributed by atoms with E-state index in [1.807, 2.05) is 11.7 Å². The summed E-state index contributed by atoms with van der Waals surface area (Å²) in [6.07, 6.45) is 5.00. The average molecular weight is 214 g/mol. The zero-order valence-corrected chi connectivity index (χ0v) is 9.41. The highest BCUT2D eigenvalue weighted by molar-refractivity contribution is 6.20. The van der Waals surface area contributed by atoms with Gasteiger partial charge < -0.3 is 0 Å². The molecule has 4 heteroatoms. The number of alkyl halides is 1. The number of aromatic nitrogens is 3. The number of hydrogen-bond donors (Lipinski definition) is 0. The van der Waals surface area contributed by atoms with E-state index in [2.05, 4.69) is 17.0 Å². The number of nitrogens with zero attached hydrogens (tertiary/aromatic N) is 3. The van der Waals surface area contributed by atoms with Crippen LogP contribution in [0, 0.1) is 11.8 Å². The molecule has 0 radical (unpaired) electrons. The van der Waals surface area contributed by atoms with Crippen molar-refractivity contribution in [2.24, 2.45) is 18.9 Å². The topological polar surface area (TPSA) is 30.7 Å². The first kappa shape index (κ1) is 9.97. The van der Waals surface area contributed by atoms with Gasteiger partial charge in [0.25, 0.3) is 0 Å². The monoisotopic (exact) mass is 213 g/mol. The minimum Gasteiger partial charge on any atom is -0.253 e. The molecule has 1 fully saturated rings. The number of rotatable bonds is 2. The van der Waals surface area contributed by atoms with E-state index in [1.165, 1.54) is 6.42 Å². The van der Waals surface area contributed by atoms with Crippen LogP contribution in [0.1, 0.15) is 25.6 Å². The van der Waals surface area contributed by atoms with Crippen LogP contribution in [0.3, 0.4) is 0 Å². The second-order valence-electron chi connectivity index (χ2n) is 4.22. The Balaban J connectivity index is 2.02. The van der Waals surface area contributed by atoms with Crippen molar-refractivity contribution in [3.05, 3.63) is 12.2 Å². The summed E-state index contributed by atoms with van der Waals surface area (Å²) in [6, 6.07) is 0. The van der Waals surface area contributed by atoms with Gasteiger partial charge in [-0.3, -0.25) is 4.68 Å². The Morgan fingerprint density at radius 2 is 2.36 bits per heavy atom. The second-order valence-corrected chi connectivity index (χ2v) is 4.78. The molecule has 0 spiro atoms. The summed E-state index contributed by atoms with van der Waals surface area (Å²) < 4.78 is 1.86. The SMILES string of the molecule is CC1C(Cl)CCC1Cc1ncnn1C. The molecule has 1 aromatic heterocycles. The molecule has 1 heterocycles. The van der Waals surface area contributed by atoms with Crippen molar-refractivity contribution in [1.29, 1.82) is 0 Å². The first-order valence-electron chi connectivity index (χ1n) is 5.15. The predicted molar refractivity (Wildman–Crippen MR) is 56.2 cm³/mol. The van der Waals surface area contributed by atoms with Gasteiger partial charge in [-0.1, -0.05) is 6.92 Å². The highest BCUT2D eigenvalue weighted by Crippen LogP contribution is 2.36. The van der Waals surface area contributed by atoms with Crippen molar-refractivity contribution < 1.29 is 0 Å². The van der Waals surface area contributed by atoms with Gasteiger partial charge >= 0.3 is 0 Å². The molecule has 14 heavy (non-hydrogen) atoms. The number of halogens is 1. The minimum absolute atomic E-state index is 0.355. The molecule has 1 aliphatic rings. The average Bonchev–Trinajstić information content (AvgIpc) is 2.68. The van der Waals surface area contributed by atoms with E-state index >= 15 is 0 Å². The lowest BCUT2D eigenvalue weighted by Gasteiger charge is -2.16. The zero-order valence-electron chi connectivity index (χ0n) is 8.65. The molecule has 2 rings (SSSR count). The highest BCUT2D eigenvalue weighted by atomic mass is 35.5. The Morgan fingerprint density at radius 1 is 1.57 bits per heavy atom. The van der Waals surface area contributed by atoms with Crippen molar-refractivity contribution in [3.63, 3.8) is 0 Å². The maximum Gasteiger partial charge on any atom is 0.138 e. The van der Waals surface area contributed by atoms with Gasteiger partial charge in [-0.2, -0.15) is 5.10 Å². The Morgan fingerprint density at radius 3 is 2.86 bits per heavy atom. The Labute approximate surface area is 89.5 Å². The van der Waals surface area contributed by atoms with Gasteiger partial charge in [0.05, 0.1) is 0 Å². The third kappa shape index (κ3) is 1.78. The molecular weight excluding hydrogens is 198 g/mol. The van der Waals surface area contributed by atoms with Gasteiger partial charge in [-0.15, -0.1) is 11.6 Å². The minimum atomic E-state index is 0.355. The molecule has 3 atom stereocenters.